The summed E-state index contributed by atoms with van der Waals surface area (Å²) in [6, 6.07) is 0. The lowest BCUT2D eigenvalue weighted by molar-refractivity contribution is -0.136. The van der Waals surface area contributed by atoms with Crippen molar-refractivity contribution in [1.82, 2.24) is 5.32 Å². The van der Waals surface area contributed by atoms with Crippen molar-refractivity contribution in [2.45, 2.75) is 57.9 Å². The first-order chi connectivity index (χ1) is 7.94. The maximum atomic E-state index is 12.4. The third-order valence-electron chi connectivity index (χ3n) is 4.67. The lowest BCUT2D eigenvalue weighted by atomic mass is 9.61. The van der Waals surface area contributed by atoms with Crippen LogP contribution in [0.2, 0.25) is 0 Å². The molecule has 0 aromatic carbocycles. The predicted molar refractivity (Wildman–Crippen MR) is 72.6 cm³/mol. The van der Waals surface area contributed by atoms with Gasteiger partial charge in [0.25, 0.3) is 0 Å². The van der Waals surface area contributed by atoms with E-state index < -0.39 is 5.41 Å². The highest BCUT2D eigenvalue weighted by atomic mass is 32.1. The highest BCUT2D eigenvalue weighted by Crippen LogP contribution is 2.47. The van der Waals surface area contributed by atoms with E-state index in [4.69, 9.17) is 18.0 Å². The van der Waals surface area contributed by atoms with Crippen molar-refractivity contribution in [3.05, 3.63) is 0 Å². The van der Waals surface area contributed by atoms with E-state index in [0.29, 0.717) is 10.9 Å². The van der Waals surface area contributed by atoms with E-state index in [1.807, 2.05) is 0 Å². The average Bonchev–Trinajstić information content (AvgIpc) is 2.17. The number of hydrogen-bond donors (Lipinski definition) is 2. The summed E-state index contributed by atoms with van der Waals surface area (Å²) in [5.41, 5.74) is 5.27. The minimum atomic E-state index is -0.549. The fourth-order valence-electron chi connectivity index (χ4n) is 3.16. The van der Waals surface area contributed by atoms with Gasteiger partial charge < -0.3 is 11.1 Å². The van der Waals surface area contributed by atoms with Gasteiger partial charge in [-0.05, 0) is 44.4 Å². The number of carbonyl (C=O) groups excluding carboxylic acids is 1. The zero-order valence-electron chi connectivity index (χ0n) is 10.7. The number of rotatable bonds is 4. The summed E-state index contributed by atoms with van der Waals surface area (Å²) in [5, 5.41) is 3.22. The minimum absolute atomic E-state index is 0.0354. The molecule has 2 aliphatic carbocycles. The second-order valence-electron chi connectivity index (χ2n) is 5.90. The van der Waals surface area contributed by atoms with E-state index in [0.717, 1.165) is 32.1 Å². The number of nitrogens with one attached hydrogen (secondary N) is 1. The van der Waals surface area contributed by atoms with Gasteiger partial charge in [-0.25, -0.2) is 0 Å². The Morgan fingerprint density at radius 1 is 1.47 bits per heavy atom. The van der Waals surface area contributed by atoms with Crippen LogP contribution < -0.4 is 11.1 Å². The van der Waals surface area contributed by atoms with Gasteiger partial charge in [-0.2, -0.15) is 0 Å². The van der Waals surface area contributed by atoms with Gasteiger partial charge in [0.1, 0.15) is 0 Å². The molecule has 0 spiro atoms. The van der Waals surface area contributed by atoms with Crippen LogP contribution >= 0.6 is 12.2 Å². The maximum absolute atomic E-state index is 12.4. The maximum Gasteiger partial charge on any atom is 0.233 e. The Morgan fingerprint density at radius 2 is 2.06 bits per heavy atom. The Balaban J connectivity index is 2.06. The van der Waals surface area contributed by atoms with E-state index >= 15 is 0 Å². The molecule has 1 amide bonds. The van der Waals surface area contributed by atoms with Gasteiger partial charge in [0.15, 0.2) is 0 Å². The van der Waals surface area contributed by atoms with Crippen molar-refractivity contribution < 1.29 is 4.79 Å². The number of amides is 1. The first-order valence-corrected chi connectivity index (χ1v) is 6.97. The van der Waals surface area contributed by atoms with E-state index in [9.17, 15) is 4.79 Å². The lowest BCUT2D eigenvalue weighted by Crippen LogP contribution is -2.62. The molecule has 2 saturated carbocycles. The molecule has 0 bridgehead atoms. The average molecular weight is 254 g/mol. The first-order valence-electron chi connectivity index (χ1n) is 6.57. The largest absolute Gasteiger partial charge is 0.392 e. The van der Waals surface area contributed by atoms with Crippen LogP contribution in [0.3, 0.4) is 0 Å². The molecule has 0 unspecified atom stereocenters. The van der Waals surface area contributed by atoms with Crippen LogP contribution in [0.25, 0.3) is 0 Å². The number of hydrogen-bond acceptors (Lipinski definition) is 2. The smallest absolute Gasteiger partial charge is 0.233 e. The molecule has 4 heteroatoms. The topological polar surface area (TPSA) is 55.1 Å². The predicted octanol–water partition coefficient (Wildman–Crippen LogP) is 2.14. The quantitative estimate of drug-likeness (QED) is 0.756. The summed E-state index contributed by atoms with van der Waals surface area (Å²) in [7, 11) is 0. The third-order valence-corrected chi connectivity index (χ3v) is 5.06. The van der Waals surface area contributed by atoms with Crippen LogP contribution in [-0.2, 0) is 4.79 Å². The molecule has 17 heavy (non-hydrogen) atoms. The normalized spacial score (nSPS) is 34.4. The van der Waals surface area contributed by atoms with Crippen molar-refractivity contribution in [1.29, 1.82) is 0 Å². The number of nitrogens with two attached hydrogens (primary N) is 1. The van der Waals surface area contributed by atoms with Crippen LogP contribution in [0.1, 0.15) is 52.4 Å². The molecule has 0 atom stereocenters. The molecule has 0 radical (unpaired) electrons. The fourth-order valence-corrected chi connectivity index (χ4v) is 3.42. The fraction of sp³-hybridized carbons (Fsp3) is 0.846. The van der Waals surface area contributed by atoms with Gasteiger partial charge in [0, 0.05) is 5.54 Å². The third kappa shape index (κ3) is 1.96. The van der Waals surface area contributed by atoms with E-state index in [-0.39, 0.29) is 11.4 Å². The van der Waals surface area contributed by atoms with Crippen molar-refractivity contribution in [2.75, 3.05) is 0 Å². The Kier molecular flexibility index (Phi) is 3.19. The zero-order chi connectivity index (χ0) is 12.7. The van der Waals surface area contributed by atoms with Crippen LogP contribution in [-0.4, -0.2) is 16.4 Å². The van der Waals surface area contributed by atoms with Gasteiger partial charge >= 0.3 is 0 Å². The lowest BCUT2D eigenvalue weighted by Gasteiger charge is -2.49. The van der Waals surface area contributed by atoms with E-state index in [1.54, 1.807) is 0 Å². The summed E-state index contributed by atoms with van der Waals surface area (Å²) in [5.74, 6) is 0.630. The monoisotopic (exact) mass is 254 g/mol. The first kappa shape index (κ1) is 12.8. The second-order valence-corrected chi connectivity index (χ2v) is 6.34. The van der Waals surface area contributed by atoms with Crippen LogP contribution in [0, 0.1) is 11.3 Å². The number of thiocarbonyl (C=S) groups is 1. The van der Waals surface area contributed by atoms with Gasteiger partial charge in [-0.3, -0.25) is 4.79 Å². The summed E-state index contributed by atoms with van der Waals surface area (Å²) in [6.07, 6.45) is 6.03. The number of carbonyl (C=O) groups is 1. The Labute approximate surface area is 109 Å². The van der Waals surface area contributed by atoms with Crippen molar-refractivity contribution in [3.63, 3.8) is 0 Å². The minimum Gasteiger partial charge on any atom is -0.392 e. The van der Waals surface area contributed by atoms with Crippen molar-refractivity contribution >= 4 is 23.1 Å². The summed E-state index contributed by atoms with van der Waals surface area (Å²) < 4.78 is 0. The van der Waals surface area contributed by atoms with Crippen LogP contribution in [0.15, 0.2) is 0 Å². The molecule has 96 valence electrons. The van der Waals surface area contributed by atoms with E-state index in [1.165, 1.54) is 6.42 Å². The van der Waals surface area contributed by atoms with Crippen molar-refractivity contribution in [3.8, 4) is 0 Å². The molecule has 3 N–H and O–H groups in total. The standard InChI is InChI=1S/C13H22N2OS/c1-3-12(5-4-6-12)15-11(16)13(10(14)17)7-9(2)8-13/h9H,3-8H2,1-2H3,(H2,14,17)(H,15,16). The highest BCUT2D eigenvalue weighted by molar-refractivity contribution is 7.80. The molecule has 0 saturated heterocycles. The Bertz CT molecular complexity index is 338. The van der Waals surface area contributed by atoms with Gasteiger partial charge in [0.05, 0.1) is 10.4 Å². The molecule has 3 nitrogen and oxygen atoms in total. The van der Waals surface area contributed by atoms with Crippen molar-refractivity contribution in [2.24, 2.45) is 17.1 Å². The second kappa shape index (κ2) is 4.23. The summed E-state index contributed by atoms with van der Waals surface area (Å²) >= 11 is 5.11. The molecule has 0 aliphatic heterocycles. The highest BCUT2D eigenvalue weighted by Gasteiger charge is 2.52. The molecule has 2 fully saturated rings. The molecule has 2 rings (SSSR count). The Hall–Kier alpha value is -0.640. The molecule has 2 aliphatic rings. The van der Waals surface area contributed by atoms with Gasteiger partial charge in [0.2, 0.25) is 5.91 Å². The molecule has 0 aromatic rings. The van der Waals surface area contributed by atoms with Gasteiger partial charge in [-0.15, -0.1) is 0 Å². The Morgan fingerprint density at radius 3 is 2.35 bits per heavy atom. The summed E-state index contributed by atoms with van der Waals surface area (Å²) in [6.45, 7) is 4.28. The SMILES string of the molecule is CCC1(NC(=O)C2(C(N)=S)CC(C)C2)CCC1. The van der Waals surface area contributed by atoms with E-state index in [2.05, 4.69) is 19.2 Å². The molecule has 0 heterocycles. The zero-order valence-corrected chi connectivity index (χ0v) is 11.5. The van der Waals surface area contributed by atoms with Gasteiger partial charge in [-0.1, -0.05) is 26.1 Å². The molecule has 0 aromatic heterocycles. The molecular weight excluding hydrogens is 232 g/mol. The van der Waals surface area contributed by atoms with Crippen LogP contribution in [0.5, 0.6) is 0 Å². The summed E-state index contributed by atoms with van der Waals surface area (Å²) in [4.78, 5) is 12.8. The molecular formula is C13H22N2OS. The van der Waals surface area contributed by atoms with Crippen LogP contribution in [0.4, 0.5) is 0 Å².